The van der Waals surface area contributed by atoms with Crippen LogP contribution in [-0.4, -0.2) is 16.9 Å². The van der Waals surface area contributed by atoms with E-state index in [0.717, 1.165) is 0 Å². The lowest BCUT2D eigenvalue weighted by Gasteiger charge is -2.43. The first kappa shape index (κ1) is 19.2. The van der Waals surface area contributed by atoms with Crippen LogP contribution in [0.3, 0.4) is 0 Å². The summed E-state index contributed by atoms with van der Waals surface area (Å²) in [6.45, 7) is 0. The smallest absolute Gasteiger partial charge is 0.0625 e. The monoisotopic (exact) mass is 439 g/mol. The van der Waals surface area contributed by atoms with Gasteiger partial charge in [-0.2, -0.15) is 0 Å². The third-order valence-electron chi connectivity index (χ3n) is 6.68. The van der Waals surface area contributed by atoms with Crippen molar-refractivity contribution in [3.05, 3.63) is 140 Å². The largest absolute Gasteiger partial charge is 0.179 e. The first-order chi connectivity index (χ1) is 15.9. The van der Waals surface area contributed by atoms with Crippen molar-refractivity contribution in [3.63, 3.8) is 0 Å². The Bertz CT molecular complexity index is 1270. The highest BCUT2D eigenvalue weighted by atomic mass is 28.3. The van der Waals surface area contributed by atoms with Crippen LogP contribution >= 0.6 is 0 Å². The van der Waals surface area contributed by atoms with Crippen LogP contribution in [0.4, 0.5) is 0 Å². The zero-order valence-corrected chi connectivity index (χ0v) is 19.8. The minimum absolute atomic E-state index is 1.09. The van der Waals surface area contributed by atoms with E-state index in [1.165, 1.54) is 15.6 Å². The fourth-order valence-electron chi connectivity index (χ4n) is 5.43. The Morgan fingerprint density at radius 1 is 0.375 bits per heavy atom. The van der Waals surface area contributed by atoms with Gasteiger partial charge in [-0.3, -0.25) is 0 Å². The van der Waals surface area contributed by atoms with Crippen LogP contribution in [0.5, 0.6) is 0 Å². The molecule has 0 amide bonds. The summed E-state index contributed by atoms with van der Waals surface area (Å²) in [5, 5.41) is 10.6. The van der Waals surface area contributed by atoms with Gasteiger partial charge in [0.15, 0.2) is 16.9 Å². The maximum atomic E-state index is 2.42. The predicted molar refractivity (Wildman–Crippen MR) is 141 cm³/mol. The lowest BCUT2D eigenvalue weighted by molar-refractivity contribution is 1.66. The molecular weight excluding hydrogens is 417 g/mol. The first-order valence-corrected chi connectivity index (χ1v) is 14.6. The Labute approximate surface area is 192 Å². The summed E-state index contributed by atoms with van der Waals surface area (Å²) < 4.78 is 0. The zero-order chi connectivity index (χ0) is 21.4. The van der Waals surface area contributed by atoms with Crippen molar-refractivity contribution in [2.45, 2.75) is 0 Å². The molecule has 0 unspecified atom stereocenters. The van der Waals surface area contributed by atoms with Gasteiger partial charge in [0.25, 0.3) is 0 Å². The molecule has 151 valence electrons. The van der Waals surface area contributed by atoms with E-state index >= 15 is 0 Å². The number of benzene rings is 5. The molecule has 0 saturated carbocycles. The molecule has 6 rings (SSSR count). The molecule has 5 aromatic carbocycles. The fraction of sp³-hybridized carbons (Fsp3) is 0. The Hall–Kier alpha value is -3.47. The molecule has 2 heteroatoms. The number of hydrogen-bond acceptors (Lipinski definition) is 0. The highest BCUT2D eigenvalue weighted by Crippen LogP contribution is 2.12. The SMILES string of the molecule is c1ccc([Si]2c3ccccc3[Si](c3ccccc3)(c3ccccc3)c3ccccc32)cc1. The van der Waals surface area contributed by atoms with Gasteiger partial charge in [-0.05, 0) is 20.7 Å². The van der Waals surface area contributed by atoms with Gasteiger partial charge < -0.3 is 0 Å². The average Bonchev–Trinajstić information content (AvgIpc) is 2.89. The summed E-state index contributed by atoms with van der Waals surface area (Å²) in [4.78, 5) is 0. The van der Waals surface area contributed by atoms with Gasteiger partial charge in [0.05, 0.1) is 0 Å². The Balaban J connectivity index is 1.78. The van der Waals surface area contributed by atoms with E-state index in [9.17, 15) is 0 Å². The van der Waals surface area contributed by atoms with Crippen molar-refractivity contribution in [2.24, 2.45) is 0 Å². The van der Waals surface area contributed by atoms with E-state index in [0.29, 0.717) is 0 Å². The molecule has 0 N–H and O–H groups in total. The van der Waals surface area contributed by atoms with E-state index < -0.39 is 16.9 Å². The molecule has 0 saturated heterocycles. The third kappa shape index (κ3) is 2.80. The Morgan fingerprint density at radius 2 is 0.750 bits per heavy atom. The minimum atomic E-state index is -2.43. The highest BCUT2D eigenvalue weighted by molar-refractivity contribution is 7.26. The van der Waals surface area contributed by atoms with Crippen LogP contribution in [0.1, 0.15) is 0 Å². The molecule has 0 aliphatic carbocycles. The van der Waals surface area contributed by atoms with Gasteiger partial charge in [0, 0.05) is 0 Å². The normalized spacial score (nSPS) is 14.4. The number of fused-ring (bicyclic) bond motifs is 2. The predicted octanol–water partition coefficient (Wildman–Crippen LogP) is 1.89. The van der Waals surface area contributed by atoms with Crippen LogP contribution in [-0.2, 0) is 0 Å². The van der Waals surface area contributed by atoms with Crippen LogP contribution < -0.4 is 36.3 Å². The molecule has 32 heavy (non-hydrogen) atoms. The summed E-state index contributed by atoms with van der Waals surface area (Å²) in [6.07, 6.45) is 0. The third-order valence-corrected chi connectivity index (χ3v) is 14.9. The van der Waals surface area contributed by atoms with Crippen LogP contribution in [0.25, 0.3) is 0 Å². The topological polar surface area (TPSA) is 0 Å². The molecule has 0 spiro atoms. The number of hydrogen-bond donors (Lipinski definition) is 0. The quantitative estimate of drug-likeness (QED) is 0.370. The maximum absolute atomic E-state index is 2.43. The molecule has 0 aromatic heterocycles. The van der Waals surface area contributed by atoms with E-state index in [1.807, 2.05) is 0 Å². The van der Waals surface area contributed by atoms with Crippen molar-refractivity contribution < 1.29 is 0 Å². The molecule has 0 atom stereocenters. The van der Waals surface area contributed by atoms with Gasteiger partial charge in [-0.25, -0.2) is 0 Å². The van der Waals surface area contributed by atoms with Crippen molar-refractivity contribution in [1.29, 1.82) is 0 Å². The average molecular weight is 440 g/mol. The van der Waals surface area contributed by atoms with E-state index in [2.05, 4.69) is 140 Å². The zero-order valence-electron chi connectivity index (χ0n) is 17.8. The van der Waals surface area contributed by atoms with E-state index in [-0.39, 0.29) is 0 Å². The molecule has 1 heterocycles. The summed E-state index contributed by atoms with van der Waals surface area (Å²) in [7, 11) is -3.51. The van der Waals surface area contributed by atoms with Gasteiger partial charge in [-0.15, -0.1) is 0 Å². The van der Waals surface area contributed by atoms with Crippen LogP contribution in [0.2, 0.25) is 0 Å². The summed E-state index contributed by atoms with van der Waals surface area (Å²) in [5.41, 5.74) is 0. The molecule has 1 radical (unpaired) electrons. The van der Waals surface area contributed by atoms with Gasteiger partial charge >= 0.3 is 0 Å². The lowest BCUT2D eigenvalue weighted by atomic mass is 10.3. The summed E-state index contributed by atoms with van der Waals surface area (Å²) >= 11 is 0. The fourth-order valence-corrected chi connectivity index (χ4v) is 14.9. The molecule has 5 aromatic rings. The van der Waals surface area contributed by atoms with Gasteiger partial charge in [0.2, 0.25) is 0 Å². The van der Waals surface area contributed by atoms with Crippen LogP contribution in [0, 0.1) is 0 Å². The van der Waals surface area contributed by atoms with E-state index in [4.69, 9.17) is 0 Å². The molecule has 1 aliphatic heterocycles. The molecule has 0 fully saturated rings. The van der Waals surface area contributed by atoms with Crippen molar-refractivity contribution in [1.82, 2.24) is 0 Å². The molecule has 1 aliphatic rings. The second kappa shape index (κ2) is 7.90. The lowest BCUT2D eigenvalue weighted by Crippen LogP contribution is -2.86. The molecule has 0 bridgehead atoms. The standard InChI is InChI=1S/C30H23Si2/c1-4-14-24(15-5-1)31-27-20-10-12-22-29(27)32(25-16-6-2-7-17-25,26-18-8-3-9-19-26)30-23-13-11-21-28(30)31/h1-23H. The van der Waals surface area contributed by atoms with Crippen LogP contribution in [0.15, 0.2) is 140 Å². The minimum Gasteiger partial charge on any atom is -0.0625 e. The van der Waals surface area contributed by atoms with Crippen molar-refractivity contribution in [2.75, 3.05) is 0 Å². The summed E-state index contributed by atoms with van der Waals surface area (Å²) in [6, 6.07) is 52.2. The summed E-state index contributed by atoms with van der Waals surface area (Å²) in [5.74, 6) is 0. The van der Waals surface area contributed by atoms with Crippen molar-refractivity contribution in [3.8, 4) is 0 Å². The molecular formula is C30H23Si2. The first-order valence-electron chi connectivity index (χ1n) is 11.1. The van der Waals surface area contributed by atoms with E-state index in [1.54, 1.807) is 20.7 Å². The Morgan fingerprint density at radius 3 is 1.22 bits per heavy atom. The Kier molecular flexibility index (Phi) is 4.75. The van der Waals surface area contributed by atoms with Crippen molar-refractivity contribution >= 4 is 53.2 Å². The second-order valence-corrected chi connectivity index (χ2v) is 14.5. The maximum Gasteiger partial charge on any atom is 0.179 e. The second-order valence-electron chi connectivity index (χ2n) is 8.31. The highest BCUT2D eigenvalue weighted by Gasteiger charge is 2.49. The molecule has 0 nitrogen and oxygen atoms in total. The van der Waals surface area contributed by atoms with Gasteiger partial charge in [-0.1, -0.05) is 155 Å². The van der Waals surface area contributed by atoms with Gasteiger partial charge in [0.1, 0.15) is 0 Å². The number of rotatable bonds is 3.